The number of rotatable bonds is 8. The van der Waals surface area contributed by atoms with Crippen molar-refractivity contribution in [2.45, 2.75) is 24.2 Å². The van der Waals surface area contributed by atoms with Crippen LogP contribution >= 0.6 is 0 Å². The van der Waals surface area contributed by atoms with Crippen molar-refractivity contribution >= 4 is 15.9 Å². The van der Waals surface area contributed by atoms with Crippen LogP contribution in [0.2, 0.25) is 0 Å². The average molecular weight is 370 g/mol. The summed E-state index contributed by atoms with van der Waals surface area (Å²) >= 11 is 0. The number of sulfonamides is 1. The quantitative estimate of drug-likeness (QED) is 0.701. The van der Waals surface area contributed by atoms with Crippen molar-refractivity contribution in [3.05, 3.63) is 65.7 Å². The highest BCUT2D eigenvalue weighted by Crippen LogP contribution is 2.18. The third-order valence-electron chi connectivity index (χ3n) is 4.06. The van der Waals surface area contributed by atoms with Gasteiger partial charge in [-0.25, -0.2) is 8.42 Å². The second kappa shape index (κ2) is 9.18. The third-order valence-corrected chi connectivity index (χ3v) is 5.48. The van der Waals surface area contributed by atoms with E-state index >= 15 is 0 Å². The van der Waals surface area contributed by atoms with Crippen molar-refractivity contribution in [1.29, 1.82) is 0 Å². The highest BCUT2D eigenvalue weighted by Gasteiger charge is 2.15. The van der Waals surface area contributed by atoms with Crippen LogP contribution in [0.1, 0.15) is 35.2 Å². The van der Waals surface area contributed by atoms with Gasteiger partial charge in [0.15, 0.2) is 0 Å². The molecule has 2 aromatic carbocycles. The van der Waals surface area contributed by atoms with Gasteiger partial charge in [-0.2, -0.15) is 4.72 Å². The van der Waals surface area contributed by atoms with Crippen molar-refractivity contribution in [3.8, 4) is 12.3 Å². The second-order valence-corrected chi connectivity index (χ2v) is 7.55. The third kappa shape index (κ3) is 5.19. The lowest BCUT2D eigenvalue weighted by molar-refractivity contribution is 0.0951. The van der Waals surface area contributed by atoms with E-state index in [4.69, 9.17) is 6.42 Å². The van der Waals surface area contributed by atoms with Gasteiger partial charge in [0, 0.05) is 18.0 Å². The van der Waals surface area contributed by atoms with Crippen LogP contribution in [0.15, 0.2) is 59.5 Å². The van der Waals surface area contributed by atoms with Crippen LogP contribution in [0.5, 0.6) is 0 Å². The molecule has 1 amide bonds. The Bertz CT molecular complexity index is 870. The predicted octanol–water partition coefficient (Wildman–Crippen LogP) is 2.52. The molecule has 0 aromatic heterocycles. The molecule has 2 rings (SSSR count). The fourth-order valence-electron chi connectivity index (χ4n) is 2.55. The Morgan fingerprint density at radius 3 is 2.35 bits per heavy atom. The average Bonchev–Trinajstić information content (AvgIpc) is 2.67. The summed E-state index contributed by atoms with van der Waals surface area (Å²) in [7, 11) is -3.65. The van der Waals surface area contributed by atoms with Crippen LogP contribution in [0.25, 0.3) is 0 Å². The maximum Gasteiger partial charge on any atom is 0.251 e. The Morgan fingerprint density at radius 2 is 1.77 bits per heavy atom. The molecule has 0 aliphatic carbocycles. The topological polar surface area (TPSA) is 75.3 Å². The molecule has 0 aliphatic rings. The Kier molecular flexibility index (Phi) is 6.96. The molecule has 0 radical (unpaired) electrons. The lowest BCUT2D eigenvalue weighted by atomic mass is 9.96. The van der Waals surface area contributed by atoms with Gasteiger partial charge >= 0.3 is 0 Å². The smallest absolute Gasteiger partial charge is 0.251 e. The Hall–Kier alpha value is -2.62. The van der Waals surface area contributed by atoms with Crippen molar-refractivity contribution in [2.24, 2.45) is 0 Å². The van der Waals surface area contributed by atoms with E-state index in [9.17, 15) is 13.2 Å². The number of carbonyl (C=O) groups excluding carboxylic acids is 1. The summed E-state index contributed by atoms with van der Waals surface area (Å²) in [5, 5.41) is 2.91. The lowest BCUT2D eigenvalue weighted by Crippen LogP contribution is -2.28. The Balaban J connectivity index is 2.01. The first kappa shape index (κ1) is 19.7. The minimum atomic E-state index is -3.65. The van der Waals surface area contributed by atoms with Gasteiger partial charge in [-0.3, -0.25) is 4.79 Å². The molecule has 0 aliphatic heterocycles. The van der Waals surface area contributed by atoms with Crippen LogP contribution in [0.3, 0.4) is 0 Å². The van der Waals surface area contributed by atoms with E-state index < -0.39 is 10.0 Å². The fraction of sp³-hybridized carbons (Fsp3) is 0.250. The summed E-state index contributed by atoms with van der Waals surface area (Å²) in [5.41, 5.74) is 1.58. The molecule has 0 saturated carbocycles. The molecule has 2 aromatic rings. The minimum Gasteiger partial charge on any atom is -0.351 e. The maximum atomic E-state index is 12.3. The Labute approximate surface area is 154 Å². The summed E-state index contributed by atoms with van der Waals surface area (Å²) in [5.74, 6) is 2.21. The zero-order chi connectivity index (χ0) is 19.0. The molecule has 0 unspecified atom stereocenters. The van der Waals surface area contributed by atoms with Gasteiger partial charge in [-0.1, -0.05) is 43.2 Å². The summed E-state index contributed by atoms with van der Waals surface area (Å²) in [6, 6.07) is 15.8. The van der Waals surface area contributed by atoms with E-state index in [1.54, 1.807) is 0 Å². The normalized spacial score (nSPS) is 12.2. The van der Waals surface area contributed by atoms with Crippen LogP contribution < -0.4 is 10.0 Å². The van der Waals surface area contributed by atoms with Gasteiger partial charge in [0.2, 0.25) is 10.0 Å². The standard InChI is InChI=1S/C20H22N2O3S/c1-3-14-22-26(24,25)19-12-10-18(11-13-19)20(23)21-15-16(4-2)17-8-6-5-7-9-17/h1,5-13,16,22H,4,14-15H2,2H3,(H,21,23)/t16-/m0/s1. The molecule has 1 atom stereocenters. The molecular formula is C20H22N2O3S. The van der Waals surface area contributed by atoms with Crippen molar-refractivity contribution in [3.63, 3.8) is 0 Å². The lowest BCUT2D eigenvalue weighted by Gasteiger charge is -2.16. The molecule has 2 N–H and O–H groups in total. The molecule has 0 spiro atoms. The number of nitrogens with one attached hydrogen (secondary N) is 2. The molecule has 0 heterocycles. The molecule has 0 saturated heterocycles. The molecule has 6 heteroatoms. The van der Waals surface area contributed by atoms with Crippen LogP contribution in [-0.4, -0.2) is 27.4 Å². The largest absolute Gasteiger partial charge is 0.351 e. The van der Waals surface area contributed by atoms with Crippen LogP contribution in [0.4, 0.5) is 0 Å². The number of carbonyl (C=O) groups is 1. The monoisotopic (exact) mass is 370 g/mol. The first-order chi connectivity index (χ1) is 12.5. The van der Waals surface area contributed by atoms with Gasteiger partial charge in [0.25, 0.3) is 5.91 Å². The summed E-state index contributed by atoms with van der Waals surface area (Å²) in [4.78, 5) is 12.4. The van der Waals surface area contributed by atoms with Gasteiger partial charge in [-0.05, 0) is 36.2 Å². The van der Waals surface area contributed by atoms with E-state index in [1.807, 2.05) is 30.3 Å². The van der Waals surface area contributed by atoms with Crippen molar-refractivity contribution in [2.75, 3.05) is 13.1 Å². The number of terminal acetylenes is 1. The number of hydrogen-bond donors (Lipinski definition) is 2. The van der Waals surface area contributed by atoms with Gasteiger partial charge in [0.1, 0.15) is 0 Å². The molecule has 26 heavy (non-hydrogen) atoms. The van der Waals surface area contributed by atoms with Crippen LogP contribution in [-0.2, 0) is 10.0 Å². The summed E-state index contributed by atoms with van der Waals surface area (Å²) in [6.07, 6.45) is 5.96. The molecule has 136 valence electrons. The second-order valence-electron chi connectivity index (χ2n) is 5.78. The zero-order valence-corrected chi connectivity index (χ0v) is 15.4. The molecule has 5 nitrogen and oxygen atoms in total. The zero-order valence-electron chi connectivity index (χ0n) is 14.6. The Morgan fingerprint density at radius 1 is 1.12 bits per heavy atom. The first-order valence-electron chi connectivity index (χ1n) is 8.34. The first-order valence-corrected chi connectivity index (χ1v) is 9.82. The molecule has 0 fully saturated rings. The molecular weight excluding hydrogens is 348 g/mol. The minimum absolute atomic E-state index is 0.0695. The SMILES string of the molecule is C#CCNS(=O)(=O)c1ccc(C(=O)NC[C@H](CC)c2ccccc2)cc1. The van der Waals surface area contributed by atoms with E-state index in [-0.39, 0.29) is 23.3 Å². The van der Waals surface area contributed by atoms with Gasteiger partial charge < -0.3 is 5.32 Å². The van der Waals surface area contributed by atoms with Gasteiger partial charge in [0.05, 0.1) is 11.4 Å². The summed E-state index contributed by atoms with van der Waals surface area (Å²) in [6.45, 7) is 2.51. The van der Waals surface area contributed by atoms with Gasteiger partial charge in [-0.15, -0.1) is 6.42 Å². The maximum absolute atomic E-state index is 12.3. The summed E-state index contributed by atoms with van der Waals surface area (Å²) < 4.78 is 26.2. The number of hydrogen-bond acceptors (Lipinski definition) is 3. The van der Waals surface area contributed by atoms with E-state index in [0.717, 1.165) is 6.42 Å². The van der Waals surface area contributed by atoms with Crippen LogP contribution in [0, 0.1) is 12.3 Å². The highest BCUT2D eigenvalue weighted by atomic mass is 32.2. The molecule has 0 bridgehead atoms. The number of amides is 1. The van der Waals surface area contributed by atoms with E-state index in [1.165, 1.54) is 29.8 Å². The predicted molar refractivity (Wildman–Crippen MR) is 102 cm³/mol. The highest BCUT2D eigenvalue weighted by molar-refractivity contribution is 7.89. The number of benzene rings is 2. The van der Waals surface area contributed by atoms with Crippen molar-refractivity contribution < 1.29 is 13.2 Å². The van der Waals surface area contributed by atoms with E-state index in [2.05, 4.69) is 22.9 Å². The van der Waals surface area contributed by atoms with E-state index in [0.29, 0.717) is 12.1 Å². The fourth-order valence-corrected chi connectivity index (χ4v) is 3.48. The van der Waals surface area contributed by atoms with Crippen molar-refractivity contribution in [1.82, 2.24) is 10.0 Å².